The summed E-state index contributed by atoms with van der Waals surface area (Å²) >= 11 is 0. The van der Waals surface area contributed by atoms with Crippen molar-refractivity contribution in [2.45, 2.75) is 17.4 Å². The summed E-state index contributed by atoms with van der Waals surface area (Å²) in [5.74, 6) is -0.895. The van der Waals surface area contributed by atoms with Crippen molar-refractivity contribution < 1.29 is 35.9 Å². The molecule has 1 fully saturated rings. The van der Waals surface area contributed by atoms with E-state index in [2.05, 4.69) is 4.74 Å². The first-order valence-corrected chi connectivity index (χ1v) is 12.1. The molecule has 1 atom stereocenters. The molecule has 2 aromatic carbocycles. The van der Waals surface area contributed by atoms with Gasteiger partial charge in [-0.25, -0.2) is 13.2 Å². The maximum Gasteiger partial charge on any atom is 0.573 e. The van der Waals surface area contributed by atoms with Crippen molar-refractivity contribution in [1.82, 2.24) is 9.21 Å². The number of halogens is 3. The lowest BCUT2D eigenvalue weighted by molar-refractivity contribution is -0.275. The van der Waals surface area contributed by atoms with Crippen LogP contribution in [0.3, 0.4) is 0 Å². The van der Waals surface area contributed by atoms with E-state index in [1.807, 2.05) is 0 Å². The molecule has 196 valence electrons. The Morgan fingerprint density at radius 3 is 2.42 bits per heavy atom. The van der Waals surface area contributed by atoms with E-state index in [4.69, 9.17) is 15.9 Å². The number of amidine groups is 1. The highest BCUT2D eigenvalue weighted by molar-refractivity contribution is 7.89. The molecule has 36 heavy (non-hydrogen) atoms. The smallest absolute Gasteiger partial charge is 0.443 e. The fraction of sp³-hybridized carbons (Fsp3) is 0.364. The molecule has 3 rings (SSSR count). The molecule has 0 spiro atoms. The minimum Gasteiger partial charge on any atom is -0.443 e. The summed E-state index contributed by atoms with van der Waals surface area (Å²) in [7, 11) is -1.30. The second kappa shape index (κ2) is 10.7. The molecule has 1 amide bonds. The molecule has 2 aromatic rings. The van der Waals surface area contributed by atoms with Crippen molar-refractivity contribution in [1.29, 1.82) is 5.41 Å². The number of rotatable bonds is 10. The molecular formula is C22H26F3N5O5S. The van der Waals surface area contributed by atoms with Crippen LogP contribution >= 0.6 is 0 Å². The lowest BCUT2D eigenvalue weighted by Gasteiger charge is -2.24. The van der Waals surface area contributed by atoms with Gasteiger partial charge in [0.2, 0.25) is 10.0 Å². The SMILES string of the molecule is CN(CCN(C)S(=O)(=O)c1ccccc1OC(F)(F)F)CC1CN(c2ccc(C(=N)N)cc2)C(=O)O1. The van der Waals surface area contributed by atoms with Crippen LogP contribution in [0, 0.1) is 5.41 Å². The third kappa shape index (κ3) is 6.65. The van der Waals surface area contributed by atoms with Crippen molar-refractivity contribution in [3.8, 4) is 5.75 Å². The Bertz CT molecular complexity index is 1210. The summed E-state index contributed by atoms with van der Waals surface area (Å²) in [5, 5.41) is 7.44. The zero-order chi connectivity index (χ0) is 26.7. The van der Waals surface area contributed by atoms with Gasteiger partial charge < -0.3 is 20.1 Å². The number of nitrogen functional groups attached to an aromatic ring is 1. The number of carbonyl (C=O) groups excluding carboxylic acids is 1. The quantitative estimate of drug-likeness (QED) is 0.357. The van der Waals surface area contributed by atoms with Crippen LogP contribution in [0.4, 0.5) is 23.7 Å². The normalized spacial score (nSPS) is 16.5. The van der Waals surface area contributed by atoms with Crippen LogP contribution in [-0.4, -0.2) is 82.3 Å². The van der Waals surface area contributed by atoms with Gasteiger partial charge in [0.05, 0.1) is 6.54 Å². The number of ether oxygens (including phenoxy) is 2. The predicted octanol–water partition coefficient (Wildman–Crippen LogP) is 2.45. The summed E-state index contributed by atoms with van der Waals surface area (Å²) in [6.45, 7) is 0.754. The number of hydrogen-bond acceptors (Lipinski definition) is 7. The molecule has 1 aliphatic heterocycles. The maximum absolute atomic E-state index is 12.9. The van der Waals surface area contributed by atoms with Gasteiger partial charge >= 0.3 is 12.5 Å². The Balaban J connectivity index is 1.57. The number of nitrogens with zero attached hydrogens (tertiary/aromatic N) is 3. The third-order valence-electron chi connectivity index (χ3n) is 5.44. The number of anilines is 1. The molecule has 10 nitrogen and oxygen atoms in total. The molecule has 3 N–H and O–H groups in total. The second-order valence-corrected chi connectivity index (χ2v) is 10.2. The Hall–Kier alpha value is -3.36. The number of sulfonamides is 1. The molecule has 0 saturated carbocycles. The number of alkyl halides is 3. The largest absolute Gasteiger partial charge is 0.573 e. The summed E-state index contributed by atoms with van der Waals surface area (Å²) in [6.07, 6.45) is -6.06. The Kier molecular flexibility index (Phi) is 8.11. The van der Waals surface area contributed by atoms with Crippen LogP contribution < -0.4 is 15.4 Å². The lowest BCUT2D eigenvalue weighted by atomic mass is 10.2. The zero-order valence-corrected chi connectivity index (χ0v) is 20.3. The molecule has 0 aromatic heterocycles. The van der Waals surface area contributed by atoms with E-state index in [9.17, 15) is 26.4 Å². The molecule has 1 unspecified atom stereocenters. The number of nitrogens with one attached hydrogen (secondary N) is 1. The molecule has 0 bridgehead atoms. The van der Waals surface area contributed by atoms with Crippen molar-refractivity contribution in [2.24, 2.45) is 5.73 Å². The fourth-order valence-corrected chi connectivity index (χ4v) is 4.83. The first-order valence-electron chi connectivity index (χ1n) is 10.7. The van der Waals surface area contributed by atoms with Gasteiger partial charge in [-0.05, 0) is 43.4 Å². The van der Waals surface area contributed by atoms with E-state index >= 15 is 0 Å². The maximum atomic E-state index is 12.9. The summed E-state index contributed by atoms with van der Waals surface area (Å²) in [6, 6.07) is 11.1. The van der Waals surface area contributed by atoms with Gasteiger partial charge in [0, 0.05) is 37.9 Å². The van der Waals surface area contributed by atoms with Crippen molar-refractivity contribution in [3.05, 3.63) is 54.1 Å². The van der Waals surface area contributed by atoms with E-state index in [1.165, 1.54) is 24.1 Å². The molecule has 14 heteroatoms. The molecule has 0 radical (unpaired) electrons. The number of nitrogens with two attached hydrogens (primary N) is 1. The zero-order valence-electron chi connectivity index (χ0n) is 19.5. The van der Waals surface area contributed by atoms with E-state index in [0.717, 1.165) is 16.4 Å². The van der Waals surface area contributed by atoms with Gasteiger partial charge in [0.1, 0.15) is 22.6 Å². The summed E-state index contributed by atoms with van der Waals surface area (Å²) < 4.78 is 74.0. The predicted molar refractivity (Wildman–Crippen MR) is 126 cm³/mol. The Morgan fingerprint density at radius 1 is 1.17 bits per heavy atom. The van der Waals surface area contributed by atoms with Crippen LogP contribution in [0.25, 0.3) is 0 Å². The van der Waals surface area contributed by atoms with Gasteiger partial charge in [-0.1, -0.05) is 12.1 Å². The molecular weight excluding hydrogens is 503 g/mol. The van der Waals surface area contributed by atoms with Gasteiger partial charge in [-0.15, -0.1) is 13.2 Å². The number of hydrogen-bond donors (Lipinski definition) is 2. The minimum absolute atomic E-state index is 0.0317. The highest BCUT2D eigenvalue weighted by Gasteiger charge is 2.35. The van der Waals surface area contributed by atoms with Crippen molar-refractivity contribution >= 4 is 27.6 Å². The molecule has 1 saturated heterocycles. The van der Waals surface area contributed by atoms with E-state index in [1.54, 1.807) is 36.2 Å². The van der Waals surface area contributed by atoms with E-state index < -0.39 is 39.2 Å². The average Bonchev–Trinajstić information content (AvgIpc) is 3.16. The van der Waals surface area contributed by atoms with Crippen LogP contribution in [0.5, 0.6) is 5.75 Å². The monoisotopic (exact) mass is 529 g/mol. The summed E-state index contributed by atoms with van der Waals surface area (Å²) in [4.78, 5) is 14.9. The minimum atomic E-state index is -5.04. The molecule has 1 heterocycles. The van der Waals surface area contributed by atoms with E-state index in [0.29, 0.717) is 17.8 Å². The molecule has 1 aliphatic rings. The van der Waals surface area contributed by atoms with Crippen LogP contribution in [-0.2, 0) is 14.8 Å². The van der Waals surface area contributed by atoms with Crippen molar-refractivity contribution in [3.63, 3.8) is 0 Å². The fourth-order valence-electron chi connectivity index (χ4n) is 3.56. The second-order valence-electron chi connectivity index (χ2n) is 8.16. The number of amides is 1. The van der Waals surface area contributed by atoms with Crippen LogP contribution in [0.15, 0.2) is 53.4 Å². The Morgan fingerprint density at radius 2 is 1.81 bits per heavy atom. The van der Waals surface area contributed by atoms with Crippen LogP contribution in [0.1, 0.15) is 5.56 Å². The van der Waals surface area contributed by atoms with E-state index in [-0.39, 0.29) is 25.5 Å². The number of carbonyl (C=O) groups is 1. The first kappa shape index (κ1) is 27.2. The topological polar surface area (TPSA) is 129 Å². The van der Waals surface area contributed by atoms with Gasteiger partial charge in [0.15, 0.2) is 0 Å². The number of benzene rings is 2. The van der Waals surface area contributed by atoms with Gasteiger partial charge in [-0.2, -0.15) is 4.31 Å². The molecule has 0 aliphatic carbocycles. The standard InChI is InChI=1S/C22H26F3N5O5S/c1-28(13-17-14-30(21(31)34-17)16-9-7-15(8-10-16)20(26)27)11-12-29(2)36(32,33)19-6-4-3-5-18(19)35-22(23,24)25/h3-10,17H,11-14H2,1-2H3,(H3,26,27). The third-order valence-corrected chi connectivity index (χ3v) is 7.34. The number of para-hydroxylation sites is 1. The highest BCUT2D eigenvalue weighted by Crippen LogP contribution is 2.31. The van der Waals surface area contributed by atoms with Gasteiger partial charge in [0.25, 0.3) is 0 Å². The van der Waals surface area contributed by atoms with Gasteiger partial charge in [-0.3, -0.25) is 10.3 Å². The lowest BCUT2D eigenvalue weighted by Crippen LogP contribution is -2.38. The van der Waals surface area contributed by atoms with Crippen LogP contribution in [0.2, 0.25) is 0 Å². The first-order chi connectivity index (χ1) is 16.8. The van der Waals surface area contributed by atoms with Crippen molar-refractivity contribution in [2.75, 3.05) is 45.2 Å². The average molecular weight is 530 g/mol. The Labute approximate surface area is 206 Å². The highest BCUT2D eigenvalue weighted by atomic mass is 32.2. The summed E-state index contributed by atoms with van der Waals surface area (Å²) in [5.41, 5.74) is 6.55. The number of likely N-dealkylation sites (N-methyl/N-ethyl adjacent to an activating group) is 2. The number of cyclic esters (lactones) is 1.